The number of piperidine rings is 1. The Kier molecular flexibility index (Phi) is 8.12. The van der Waals surface area contributed by atoms with Crippen molar-refractivity contribution in [3.63, 3.8) is 0 Å². The summed E-state index contributed by atoms with van der Waals surface area (Å²) in [6.07, 6.45) is 4.17. The minimum Gasteiger partial charge on any atom is -0.495 e. The first-order chi connectivity index (χ1) is 17.5. The topological polar surface area (TPSA) is 77.7 Å². The maximum atomic E-state index is 6.40. The van der Waals surface area contributed by atoms with E-state index in [1.54, 1.807) is 13.3 Å². The van der Waals surface area contributed by atoms with Gasteiger partial charge in [0.05, 0.1) is 42.1 Å². The Morgan fingerprint density at radius 1 is 1.14 bits per heavy atom. The lowest BCUT2D eigenvalue weighted by molar-refractivity contribution is 0.00658. The fourth-order valence-corrected chi connectivity index (χ4v) is 6.17. The normalized spacial score (nSPS) is 18.1. The van der Waals surface area contributed by atoms with Crippen molar-refractivity contribution in [2.45, 2.75) is 43.7 Å². The Hall–Kier alpha value is -2.17. The van der Waals surface area contributed by atoms with Gasteiger partial charge < -0.3 is 25.1 Å². The number of pyridine rings is 1. The molecule has 5 rings (SSSR count). The number of anilines is 3. The zero-order valence-corrected chi connectivity index (χ0v) is 22.7. The molecule has 4 heterocycles. The van der Waals surface area contributed by atoms with Crippen molar-refractivity contribution in [2.75, 3.05) is 57.1 Å². The van der Waals surface area contributed by atoms with Crippen molar-refractivity contribution < 1.29 is 9.47 Å². The molecule has 36 heavy (non-hydrogen) atoms. The molecule has 0 radical (unpaired) electrons. The third-order valence-corrected chi connectivity index (χ3v) is 8.08. The Morgan fingerprint density at radius 3 is 2.64 bits per heavy atom. The Balaban J connectivity index is 1.26. The van der Waals surface area contributed by atoms with E-state index < -0.39 is 0 Å². The largest absolute Gasteiger partial charge is 0.495 e. The van der Waals surface area contributed by atoms with Gasteiger partial charge in [0.2, 0.25) is 0 Å². The molecule has 0 aliphatic carbocycles. The number of methoxy groups -OCH3 is 1. The van der Waals surface area contributed by atoms with Crippen molar-refractivity contribution in [3.05, 3.63) is 35.5 Å². The smallest absolute Gasteiger partial charge is 0.143 e. The third-order valence-electron chi connectivity index (χ3n) is 6.69. The van der Waals surface area contributed by atoms with Gasteiger partial charge in [-0.1, -0.05) is 11.6 Å². The summed E-state index contributed by atoms with van der Waals surface area (Å²) in [6.45, 7) is 10.2. The second-order valence-corrected chi connectivity index (χ2v) is 11.2. The predicted molar refractivity (Wildman–Crippen MR) is 149 cm³/mol. The number of halogens is 1. The van der Waals surface area contributed by atoms with E-state index in [4.69, 9.17) is 26.1 Å². The van der Waals surface area contributed by atoms with Crippen molar-refractivity contribution in [1.29, 1.82) is 0 Å². The number of hydrogen-bond donors (Lipinski definition) is 3. The maximum absolute atomic E-state index is 6.40. The van der Waals surface area contributed by atoms with Crippen LogP contribution in [0.15, 0.2) is 35.4 Å². The molecule has 10 heteroatoms. The summed E-state index contributed by atoms with van der Waals surface area (Å²) in [5.74, 6) is 1.50. The van der Waals surface area contributed by atoms with Gasteiger partial charge in [-0.3, -0.25) is 4.90 Å². The van der Waals surface area contributed by atoms with E-state index in [0.29, 0.717) is 16.9 Å². The number of nitrogens with zero attached hydrogens (tertiary/aromatic N) is 3. The van der Waals surface area contributed by atoms with E-state index >= 15 is 0 Å². The van der Waals surface area contributed by atoms with Crippen LogP contribution in [-0.4, -0.2) is 77.8 Å². The quantitative estimate of drug-likeness (QED) is 0.325. The average molecular weight is 531 g/mol. The van der Waals surface area contributed by atoms with Crippen LogP contribution in [0.2, 0.25) is 5.02 Å². The van der Waals surface area contributed by atoms with Gasteiger partial charge in [-0.05, 0) is 56.8 Å². The zero-order chi connectivity index (χ0) is 25.1. The van der Waals surface area contributed by atoms with Crippen LogP contribution in [-0.2, 0) is 4.74 Å². The second kappa shape index (κ2) is 11.5. The average Bonchev–Trinajstić information content (AvgIpc) is 3.26. The molecule has 1 aromatic carbocycles. The molecule has 3 N–H and O–H groups in total. The summed E-state index contributed by atoms with van der Waals surface area (Å²) in [4.78, 5) is 11.7. The summed E-state index contributed by atoms with van der Waals surface area (Å²) in [5, 5.41) is 8.46. The molecule has 2 fully saturated rings. The molecule has 0 saturated carbocycles. The molecular weight excluding hydrogens is 496 g/mol. The van der Waals surface area contributed by atoms with Crippen molar-refractivity contribution in [2.24, 2.45) is 0 Å². The number of aromatic amines is 1. The lowest BCUT2D eigenvalue weighted by atomic mass is 10.0. The minimum atomic E-state index is 0.263. The molecule has 0 unspecified atom stereocenters. The van der Waals surface area contributed by atoms with E-state index in [1.807, 2.05) is 18.0 Å². The molecule has 0 atom stereocenters. The number of rotatable bonds is 8. The van der Waals surface area contributed by atoms with Gasteiger partial charge in [-0.15, -0.1) is 0 Å². The van der Waals surface area contributed by atoms with Crippen LogP contribution in [0.4, 0.5) is 17.2 Å². The van der Waals surface area contributed by atoms with Gasteiger partial charge in [0.1, 0.15) is 17.2 Å². The molecule has 0 bridgehead atoms. The molecule has 2 aliphatic rings. The predicted octanol–water partition coefficient (Wildman–Crippen LogP) is 5.59. The highest BCUT2D eigenvalue weighted by Gasteiger charge is 2.26. The summed E-state index contributed by atoms with van der Waals surface area (Å²) >= 11 is 8.21. The molecule has 8 nitrogen and oxygen atoms in total. The first kappa shape index (κ1) is 25.5. The van der Waals surface area contributed by atoms with Crippen LogP contribution in [0.25, 0.3) is 11.0 Å². The number of nitrogens with one attached hydrogen (secondary N) is 3. The van der Waals surface area contributed by atoms with E-state index in [-0.39, 0.29) is 6.04 Å². The lowest BCUT2D eigenvalue weighted by Crippen LogP contribution is -2.47. The number of morpholine rings is 1. The van der Waals surface area contributed by atoms with Crippen LogP contribution in [0, 0.1) is 0 Å². The molecule has 2 saturated heterocycles. The van der Waals surface area contributed by atoms with Crippen LogP contribution in [0.1, 0.15) is 26.7 Å². The van der Waals surface area contributed by atoms with Crippen LogP contribution in [0.3, 0.4) is 0 Å². The van der Waals surface area contributed by atoms with Gasteiger partial charge in [-0.2, -0.15) is 0 Å². The Morgan fingerprint density at radius 2 is 1.92 bits per heavy atom. The first-order valence-electron chi connectivity index (χ1n) is 12.6. The Bertz CT molecular complexity index is 1170. The minimum absolute atomic E-state index is 0.263. The molecule has 194 valence electrons. The highest BCUT2D eigenvalue weighted by Crippen LogP contribution is 2.37. The van der Waals surface area contributed by atoms with E-state index in [2.05, 4.69) is 56.9 Å². The summed E-state index contributed by atoms with van der Waals surface area (Å²) in [6, 6.07) is 9.23. The number of ether oxygens (including phenoxy) is 2. The van der Waals surface area contributed by atoms with Gasteiger partial charge >= 0.3 is 0 Å². The fraction of sp³-hybridized carbons (Fsp3) is 0.500. The Labute approximate surface area is 222 Å². The van der Waals surface area contributed by atoms with Crippen molar-refractivity contribution in [1.82, 2.24) is 19.2 Å². The SMILES string of the molecule is COc1cc(SN2CCC(N3CCOCC3)CC2)ccc1Nc1cc(NC(C)C)c2c(Cl)c[nH]c2n1. The molecule has 3 aromatic rings. The second-order valence-electron chi connectivity index (χ2n) is 9.60. The van der Waals surface area contributed by atoms with E-state index in [9.17, 15) is 0 Å². The van der Waals surface area contributed by atoms with Crippen molar-refractivity contribution >= 4 is 51.8 Å². The number of hydrogen-bond acceptors (Lipinski definition) is 8. The monoisotopic (exact) mass is 530 g/mol. The van der Waals surface area contributed by atoms with Crippen LogP contribution >= 0.6 is 23.5 Å². The fourth-order valence-electron chi connectivity index (χ4n) is 4.94. The highest BCUT2D eigenvalue weighted by molar-refractivity contribution is 7.97. The van der Waals surface area contributed by atoms with Crippen LogP contribution < -0.4 is 15.4 Å². The van der Waals surface area contributed by atoms with Gasteiger partial charge in [0.25, 0.3) is 0 Å². The van der Waals surface area contributed by atoms with E-state index in [0.717, 1.165) is 67.6 Å². The molecule has 0 amide bonds. The number of aromatic nitrogens is 2. The van der Waals surface area contributed by atoms with Crippen LogP contribution in [0.5, 0.6) is 5.75 Å². The molecular formula is C26H35ClN6O2S. The van der Waals surface area contributed by atoms with E-state index in [1.165, 1.54) is 17.7 Å². The van der Waals surface area contributed by atoms with Crippen molar-refractivity contribution in [3.8, 4) is 5.75 Å². The number of fused-ring (bicyclic) bond motifs is 1. The third kappa shape index (κ3) is 5.86. The maximum Gasteiger partial charge on any atom is 0.143 e. The van der Waals surface area contributed by atoms with Gasteiger partial charge in [0.15, 0.2) is 0 Å². The summed E-state index contributed by atoms with van der Waals surface area (Å²) in [7, 11) is 1.70. The summed E-state index contributed by atoms with van der Waals surface area (Å²) in [5.41, 5.74) is 2.54. The molecule has 2 aromatic heterocycles. The lowest BCUT2D eigenvalue weighted by Gasteiger charge is -2.39. The first-order valence-corrected chi connectivity index (χ1v) is 13.8. The summed E-state index contributed by atoms with van der Waals surface area (Å²) < 4.78 is 13.7. The number of benzene rings is 1. The molecule has 2 aliphatic heterocycles. The highest BCUT2D eigenvalue weighted by atomic mass is 35.5. The zero-order valence-electron chi connectivity index (χ0n) is 21.1. The molecule has 0 spiro atoms. The van der Waals surface area contributed by atoms with Gasteiger partial charge in [0, 0.05) is 55.4 Å². The van der Waals surface area contributed by atoms with Gasteiger partial charge in [-0.25, -0.2) is 9.29 Å². The standard InChI is InChI=1S/C26H35ClN6O2S/c1-17(2)29-22-15-24(31-26-25(22)20(27)16-28-26)30-21-5-4-19(14-23(21)34-3)36-33-8-6-18(7-9-33)32-10-12-35-13-11-32/h4-5,14-18H,6-13H2,1-3H3,(H3,28,29,30,31). The number of H-pyrrole nitrogens is 1.